The second kappa shape index (κ2) is 18.9. The number of likely N-dealkylation sites (tertiary alicyclic amines) is 1. The largest absolute Gasteiger partial charge is 0.471 e. The smallest absolute Gasteiger partial charge is 0.246 e. The summed E-state index contributed by atoms with van der Waals surface area (Å²) in [5, 5.41) is 11.0. The van der Waals surface area contributed by atoms with Gasteiger partial charge in [0.25, 0.3) is 0 Å². The van der Waals surface area contributed by atoms with E-state index in [1.54, 1.807) is 13.0 Å². The number of unbranched alkanes of at least 4 members (excludes halogenated alkanes) is 3. The highest BCUT2D eigenvalue weighted by Crippen LogP contribution is 2.45. The van der Waals surface area contributed by atoms with Crippen LogP contribution in [0.15, 0.2) is 78.7 Å². The van der Waals surface area contributed by atoms with Gasteiger partial charge in [0.15, 0.2) is 0 Å². The van der Waals surface area contributed by atoms with E-state index in [4.69, 9.17) is 14.7 Å². The summed E-state index contributed by atoms with van der Waals surface area (Å²) in [6.45, 7) is 12.0. The Kier molecular flexibility index (Phi) is 13.7. The number of rotatable bonds is 19. The van der Waals surface area contributed by atoms with Gasteiger partial charge in [0.2, 0.25) is 29.5 Å². The number of fused-ring (bicyclic) bond motifs is 1. The third-order valence-corrected chi connectivity index (χ3v) is 12.1. The van der Waals surface area contributed by atoms with Gasteiger partial charge in [-0.05, 0) is 74.9 Å². The number of ether oxygens (including phenoxy) is 1. The number of nitrogens with one attached hydrogen (secondary N) is 3. The van der Waals surface area contributed by atoms with E-state index in [9.17, 15) is 19.2 Å². The number of allylic oxidation sites excluding steroid dienone is 2. The van der Waals surface area contributed by atoms with Crippen molar-refractivity contribution in [2.75, 3.05) is 13.1 Å². The molecule has 3 aromatic rings. The summed E-state index contributed by atoms with van der Waals surface area (Å²) in [4.78, 5) is 67.8. The highest BCUT2D eigenvalue weighted by Gasteiger charge is 2.60. The molecule has 5 atom stereocenters. The minimum atomic E-state index is -1.15. The van der Waals surface area contributed by atoms with Gasteiger partial charge in [0.1, 0.15) is 29.4 Å². The lowest BCUT2D eigenvalue weighted by Crippen LogP contribution is -2.57. The first kappa shape index (κ1) is 40.8. The Morgan fingerprint density at radius 3 is 2.57 bits per heavy atom. The number of benzene rings is 1. The molecule has 0 spiro atoms. The Balaban J connectivity index is 1.24. The molecule has 2 aromatic heterocycles. The second-order valence-electron chi connectivity index (χ2n) is 15.5. The van der Waals surface area contributed by atoms with Crippen LogP contribution in [0, 0.1) is 11.8 Å². The van der Waals surface area contributed by atoms with Gasteiger partial charge >= 0.3 is 0 Å². The van der Waals surface area contributed by atoms with E-state index in [1.807, 2.05) is 47.9 Å². The van der Waals surface area contributed by atoms with Gasteiger partial charge in [-0.25, -0.2) is 9.97 Å². The zero-order valence-electron chi connectivity index (χ0n) is 32.8. The number of hydrogen-bond donors (Lipinski definition) is 3. The lowest BCUT2D eigenvalue weighted by atomic mass is 10.0. The van der Waals surface area contributed by atoms with Crippen molar-refractivity contribution in [2.24, 2.45) is 11.8 Å². The first-order chi connectivity index (χ1) is 27.1. The first-order valence-corrected chi connectivity index (χ1v) is 21.1. The second-order valence-corrected chi connectivity index (χ2v) is 16.5. The molecule has 4 amide bonds. The quantitative estimate of drug-likeness (QED) is 0.0673. The van der Waals surface area contributed by atoms with Crippen molar-refractivity contribution in [1.82, 2.24) is 30.8 Å². The van der Waals surface area contributed by atoms with Crippen LogP contribution in [0.25, 0.3) is 21.6 Å². The summed E-state index contributed by atoms with van der Waals surface area (Å²) in [5.74, 6) is -0.815. The summed E-state index contributed by atoms with van der Waals surface area (Å²) in [6, 6.07) is 9.63. The summed E-state index contributed by atoms with van der Waals surface area (Å²) in [5.41, 5.74) is 1.62. The lowest BCUT2D eigenvalue weighted by molar-refractivity contribution is -0.142. The van der Waals surface area contributed by atoms with Gasteiger partial charge in [-0.2, -0.15) is 0 Å². The standard InChI is InChI=1S/C44H56N6O5S/c1-5-7-8-9-10-18-32-27-44(32,43(54)45-23-22-29(3)6-2)49-40(52)36-26-33(28-50(36)42(53)30(4)46-38(51)25-31-16-11-12-17-31)55-41-39(37-21-15-24-56-37)47-34-19-13-14-20-35(34)48-41/h6,10,13-15,18-21,24,30-33,36H,2-3,5,7-9,11-12,16-17,22-23,25-28H2,1,4H3,(H,45,54)(H,46,51)(H,49,52)/b18-10-. The number of thiophene rings is 1. The maximum absolute atomic E-state index is 14.5. The molecule has 3 fully saturated rings. The van der Waals surface area contributed by atoms with E-state index < -0.39 is 29.6 Å². The fraction of sp³-hybridized carbons (Fsp3) is 0.500. The summed E-state index contributed by atoms with van der Waals surface area (Å²) >= 11 is 1.52. The molecule has 0 bridgehead atoms. The Morgan fingerprint density at radius 1 is 1.09 bits per heavy atom. The average Bonchev–Trinajstić information content (AvgIpc) is 3.69. The van der Waals surface area contributed by atoms with Crippen molar-refractivity contribution in [1.29, 1.82) is 0 Å². The number of carbonyl (C=O) groups excluding carboxylic acids is 4. The Bertz CT molecular complexity index is 1920. The van der Waals surface area contributed by atoms with Crippen LogP contribution in [-0.4, -0.2) is 75.3 Å². The van der Waals surface area contributed by atoms with Gasteiger partial charge in [-0.3, -0.25) is 19.2 Å². The maximum Gasteiger partial charge on any atom is 0.246 e. The van der Waals surface area contributed by atoms with Gasteiger partial charge in [-0.1, -0.05) is 87.8 Å². The van der Waals surface area contributed by atoms with E-state index in [1.165, 1.54) is 16.2 Å². The number of nitrogens with zero attached hydrogens (tertiary/aromatic N) is 3. The molecular weight excluding hydrogens is 725 g/mol. The van der Waals surface area contributed by atoms with Gasteiger partial charge in [0, 0.05) is 25.3 Å². The molecule has 1 saturated heterocycles. The van der Waals surface area contributed by atoms with E-state index in [-0.39, 0.29) is 36.6 Å². The van der Waals surface area contributed by atoms with Gasteiger partial charge in [0.05, 0.1) is 22.5 Å². The fourth-order valence-corrected chi connectivity index (χ4v) is 8.62. The van der Waals surface area contributed by atoms with E-state index in [0.717, 1.165) is 67.3 Å². The SMILES string of the molecule is C=CC(=C)CCNC(=O)C1(NC(=O)C2CC(Oc3nc4ccccc4nc3-c3cccs3)CN2C(=O)C(C)NC(=O)CC2CCCC2)CC1/C=C\CCCCC. The van der Waals surface area contributed by atoms with Crippen LogP contribution in [0.4, 0.5) is 0 Å². The Morgan fingerprint density at radius 2 is 1.86 bits per heavy atom. The topological polar surface area (TPSA) is 143 Å². The number of carbonyl (C=O) groups is 4. The van der Waals surface area contributed by atoms with Crippen LogP contribution in [0.5, 0.6) is 5.88 Å². The number of aromatic nitrogens is 2. The van der Waals surface area contributed by atoms with Crippen LogP contribution >= 0.6 is 11.3 Å². The molecule has 2 aliphatic carbocycles. The summed E-state index contributed by atoms with van der Waals surface area (Å²) in [6.07, 6.45) is 15.2. The maximum atomic E-state index is 14.5. The minimum Gasteiger partial charge on any atom is -0.471 e. The van der Waals surface area contributed by atoms with Gasteiger partial charge < -0.3 is 25.6 Å². The van der Waals surface area contributed by atoms with Crippen molar-refractivity contribution in [3.63, 3.8) is 0 Å². The van der Waals surface area contributed by atoms with Crippen LogP contribution < -0.4 is 20.7 Å². The normalized spacial score (nSPS) is 22.5. The van der Waals surface area contributed by atoms with Crippen molar-refractivity contribution in [3.05, 3.63) is 78.7 Å². The fourth-order valence-electron chi connectivity index (χ4n) is 7.91. The number of para-hydroxylation sites is 2. The predicted molar refractivity (Wildman–Crippen MR) is 221 cm³/mol. The molecule has 2 saturated carbocycles. The Hall–Kier alpha value is -4.84. The molecule has 1 aliphatic heterocycles. The molecular formula is C44H56N6O5S. The van der Waals surface area contributed by atoms with Crippen molar-refractivity contribution in [2.45, 2.75) is 115 Å². The number of amides is 4. The third-order valence-electron chi connectivity index (χ3n) is 11.2. The van der Waals surface area contributed by atoms with E-state index >= 15 is 0 Å². The molecule has 3 heterocycles. The zero-order valence-corrected chi connectivity index (χ0v) is 33.6. The summed E-state index contributed by atoms with van der Waals surface area (Å²) in [7, 11) is 0. The predicted octanol–water partition coefficient (Wildman–Crippen LogP) is 7.05. The van der Waals surface area contributed by atoms with E-state index in [2.05, 4.69) is 42.1 Å². The molecule has 6 rings (SSSR count). The molecule has 0 radical (unpaired) electrons. The van der Waals surface area contributed by atoms with Crippen molar-refractivity contribution in [3.8, 4) is 16.5 Å². The first-order valence-electron chi connectivity index (χ1n) is 20.3. The van der Waals surface area contributed by atoms with Gasteiger partial charge in [-0.15, -0.1) is 11.3 Å². The summed E-state index contributed by atoms with van der Waals surface area (Å²) < 4.78 is 6.60. The molecule has 56 heavy (non-hydrogen) atoms. The highest BCUT2D eigenvalue weighted by molar-refractivity contribution is 7.13. The zero-order chi connectivity index (χ0) is 39.7. The lowest BCUT2D eigenvalue weighted by Gasteiger charge is -2.29. The van der Waals surface area contributed by atoms with Crippen LogP contribution in [0.1, 0.15) is 90.9 Å². The molecule has 3 aliphatic rings. The average molecular weight is 781 g/mol. The molecule has 1 aromatic carbocycles. The molecule has 5 unspecified atom stereocenters. The number of hydrogen-bond acceptors (Lipinski definition) is 8. The van der Waals surface area contributed by atoms with Crippen LogP contribution in [-0.2, 0) is 19.2 Å². The van der Waals surface area contributed by atoms with Crippen molar-refractivity contribution >= 4 is 46.0 Å². The van der Waals surface area contributed by atoms with E-state index in [0.29, 0.717) is 48.8 Å². The van der Waals surface area contributed by atoms with Crippen LogP contribution in [0.3, 0.4) is 0 Å². The molecule has 12 heteroatoms. The monoisotopic (exact) mass is 780 g/mol. The Labute approximate surface area is 334 Å². The van der Waals surface area contributed by atoms with Crippen molar-refractivity contribution < 1.29 is 23.9 Å². The third kappa shape index (κ3) is 9.93. The molecule has 11 nitrogen and oxygen atoms in total. The molecule has 298 valence electrons. The highest BCUT2D eigenvalue weighted by atomic mass is 32.1. The van der Waals surface area contributed by atoms with Crippen LogP contribution in [0.2, 0.25) is 0 Å². The minimum absolute atomic E-state index is 0.0851. The molecule has 3 N–H and O–H groups in total.